The molecule has 0 radical (unpaired) electrons. The third-order valence-electron chi connectivity index (χ3n) is 4.30. The van der Waals surface area contributed by atoms with E-state index in [1.54, 1.807) is 4.97 Å². The van der Waals surface area contributed by atoms with Gasteiger partial charge in [0.05, 0.1) is 5.69 Å². The van der Waals surface area contributed by atoms with Crippen molar-refractivity contribution in [3.05, 3.63) is 84.9 Å². The minimum atomic E-state index is 0.258. The summed E-state index contributed by atoms with van der Waals surface area (Å²) in [7, 11) is 0.398. The molecular formula is C22H26B2N2O3. The molecule has 4 rings (SSSR count). The number of para-hydroxylation sites is 2. The molecule has 148 valence electrons. The Morgan fingerprint density at radius 3 is 2.03 bits per heavy atom. The number of nitrogens with two attached hydrogens (primary N) is 1. The first-order valence-electron chi connectivity index (χ1n) is 9.87. The number of hydrogen-bond donors (Lipinski definition) is 1. The van der Waals surface area contributed by atoms with Gasteiger partial charge in [-0.25, -0.2) is 4.97 Å². The molecule has 0 spiro atoms. The predicted molar refractivity (Wildman–Crippen MR) is 121 cm³/mol. The maximum atomic E-state index is 5.81. The first kappa shape index (κ1) is 21.0. The largest absolute Gasteiger partial charge is 0.436 e. The van der Waals surface area contributed by atoms with Gasteiger partial charge in [0, 0.05) is 19.8 Å². The molecule has 1 aliphatic heterocycles. The third kappa shape index (κ3) is 6.39. The van der Waals surface area contributed by atoms with Gasteiger partial charge in [-0.3, -0.25) is 0 Å². The van der Waals surface area contributed by atoms with E-state index in [1.807, 2.05) is 79.7 Å². The summed E-state index contributed by atoms with van der Waals surface area (Å²) >= 11 is 0. The van der Waals surface area contributed by atoms with Gasteiger partial charge in [-0.15, -0.1) is 0 Å². The van der Waals surface area contributed by atoms with Gasteiger partial charge in [0.2, 0.25) is 0 Å². The Balaban J connectivity index is 0.000000186. The van der Waals surface area contributed by atoms with Gasteiger partial charge in [0.1, 0.15) is 0 Å². The lowest BCUT2D eigenvalue weighted by atomic mass is 9.87. The first-order chi connectivity index (χ1) is 14.3. The van der Waals surface area contributed by atoms with Crippen molar-refractivity contribution in [2.45, 2.75) is 6.92 Å². The van der Waals surface area contributed by atoms with Crippen LogP contribution in [0, 0.1) is 0 Å². The smallest absolute Gasteiger partial charge is 0.426 e. The lowest BCUT2D eigenvalue weighted by molar-refractivity contribution is 0.289. The number of nitrogens with zero attached hydrogens (tertiary/aromatic N) is 1. The summed E-state index contributed by atoms with van der Waals surface area (Å²) < 4.78 is 10.9. The Kier molecular flexibility index (Phi) is 8.19. The number of rotatable bonds is 9. The quantitative estimate of drug-likeness (QED) is 0.448. The van der Waals surface area contributed by atoms with E-state index in [-0.39, 0.29) is 6.92 Å². The molecule has 2 N–H and O–H groups in total. The Bertz CT molecular complexity index is 830. The highest BCUT2D eigenvalue weighted by molar-refractivity contribution is 6.97. The van der Waals surface area contributed by atoms with Crippen molar-refractivity contribution in [1.82, 2.24) is 0 Å². The van der Waals surface area contributed by atoms with E-state index >= 15 is 0 Å². The maximum Gasteiger partial charge on any atom is 0.436 e. The standard InChI is InChI=1S/C14H16BNO2.C8H10BNO/c1-2-17-15-16(13-9-5-3-6-10-13)18-14-11-7-4-8-12-14;10-5-6-11-9-7-3-1-2-4-8(7)9/h3-12,15H,2H2,1H3;1-4H,5-6,10H2. The average Bonchev–Trinajstić information content (AvgIpc) is 3.50. The summed E-state index contributed by atoms with van der Waals surface area (Å²) in [6.45, 7) is 4.13. The molecule has 1 aliphatic rings. The molecule has 0 saturated heterocycles. The molecule has 0 unspecified atom stereocenters. The molecular weight excluding hydrogens is 362 g/mol. The maximum absolute atomic E-state index is 5.81. The predicted octanol–water partition coefficient (Wildman–Crippen LogP) is 1.87. The van der Waals surface area contributed by atoms with Crippen LogP contribution in [0.15, 0.2) is 84.9 Å². The second-order valence-electron chi connectivity index (χ2n) is 6.41. The minimum Gasteiger partial charge on any atom is -0.426 e. The highest BCUT2D eigenvalue weighted by atomic mass is 16.7. The van der Waals surface area contributed by atoms with Gasteiger partial charge in [-0.05, 0) is 42.1 Å². The lowest BCUT2D eigenvalue weighted by Crippen LogP contribution is -2.33. The van der Waals surface area contributed by atoms with E-state index in [0.717, 1.165) is 11.4 Å². The lowest BCUT2D eigenvalue weighted by Gasteiger charge is -2.23. The number of anilines is 1. The Hall–Kier alpha value is -2.73. The molecule has 0 fully saturated rings. The van der Waals surface area contributed by atoms with Crippen LogP contribution in [0.4, 0.5) is 5.69 Å². The Labute approximate surface area is 173 Å². The summed E-state index contributed by atoms with van der Waals surface area (Å²) in [6, 6.07) is 27.8. The van der Waals surface area contributed by atoms with Crippen LogP contribution >= 0.6 is 0 Å². The number of hydrogen-bond acceptors (Lipinski definition) is 5. The highest BCUT2D eigenvalue weighted by Crippen LogP contribution is 2.17. The molecule has 0 amide bonds. The molecule has 0 aromatic heterocycles. The average molecular weight is 388 g/mol. The fraction of sp³-hybridized carbons (Fsp3) is 0.182. The topological polar surface area (TPSA) is 57.0 Å². The summed E-state index contributed by atoms with van der Waals surface area (Å²) in [5, 5.41) is 0. The summed E-state index contributed by atoms with van der Waals surface area (Å²) in [5.41, 5.74) is 8.92. The van der Waals surface area contributed by atoms with E-state index in [2.05, 4.69) is 12.1 Å². The summed E-state index contributed by atoms with van der Waals surface area (Å²) in [4.78, 5) is 7.55. The normalized spacial score (nSPS) is 11.0. The van der Waals surface area contributed by atoms with E-state index in [9.17, 15) is 0 Å². The van der Waals surface area contributed by atoms with Crippen LogP contribution in [0.25, 0.3) is 0 Å². The van der Waals surface area contributed by atoms with Crippen LogP contribution in [0.5, 0.6) is 5.75 Å². The van der Waals surface area contributed by atoms with Gasteiger partial charge in [0.25, 0.3) is 0 Å². The van der Waals surface area contributed by atoms with Crippen LogP contribution in [-0.4, -0.2) is 34.3 Å². The Morgan fingerprint density at radius 2 is 1.45 bits per heavy atom. The monoisotopic (exact) mass is 388 g/mol. The zero-order chi connectivity index (χ0) is 20.3. The van der Waals surface area contributed by atoms with Gasteiger partial charge in [-0.1, -0.05) is 60.7 Å². The summed E-state index contributed by atoms with van der Waals surface area (Å²) in [6.07, 6.45) is 0. The van der Waals surface area contributed by atoms with Crippen molar-refractivity contribution >= 4 is 31.1 Å². The van der Waals surface area contributed by atoms with Crippen molar-refractivity contribution in [3.8, 4) is 5.75 Å². The molecule has 7 heteroatoms. The van der Waals surface area contributed by atoms with E-state index in [1.165, 1.54) is 10.9 Å². The van der Waals surface area contributed by atoms with Crippen LogP contribution in [0.3, 0.4) is 0 Å². The van der Waals surface area contributed by atoms with E-state index in [0.29, 0.717) is 27.4 Å². The highest BCUT2D eigenvalue weighted by Gasteiger charge is 2.38. The zero-order valence-electron chi connectivity index (χ0n) is 16.7. The fourth-order valence-corrected chi connectivity index (χ4v) is 2.82. The second-order valence-corrected chi connectivity index (χ2v) is 6.41. The molecule has 3 aromatic rings. The minimum absolute atomic E-state index is 0.258. The van der Waals surface area contributed by atoms with Gasteiger partial charge >= 0.3 is 14.5 Å². The van der Waals surface area contributed by atoms with Crippen LogP contribution < -0.4 is 26.5 Å². The van der Waals surface area contributed by atoms with Crippen molar-refractivity contribution in [1.29, 1.82) is 0 Å². The van der Waals surface area contributed by atoms with Crippen LogP contribution in [0.2, 0.25) is 0 Å². The second kappa shape index (κ2) is 11.3. The SMILES string of the molecule is CCOBN(Oc1ccccc1)c1ccccc1.NCCOB1c2ccccc21. The molecule has 3 aromatic carbocycles. The molecule has 0 aliphatic carbocycles. The summed E-state index contributed by atoms with van der Waals surface area (Å²) in [5.74, 6) is 0.793. The van der Waals surface area contributed by atoms with E-state index in [4.69, 9.17) is 19.9 Å². The van der Waals surface area contributed by atoms with Crippen molar-refractivity contribution in [2.24, 2.45) is 5.73 Å². The molecule has 29 heavy (non-hydrogen) atoms. The fourth-order valence-electron chi connectivity index (χ4n) is 2.82. The molecule has 0 saturated carbocycles. The van der Waals surface area contributed by atoms with Gasteiger partial charge in [0.15, 0.2) is 5.75 Å². The van der Waals surface area contributed by atoms with Gasteiger partial charge in [-0.2, -0.15) is 0 Å². The molecule has 5 nitrogen and oxygen atoms in total. The number of fused-ring (bicyclic) bond motifs is 1. The van der Waals surface area contributed by atoms with E-state index < -0.39 is 0 Å². The van der Waals surface area contributed by atoms with Crippen molar-refractivity contribution in [3.63, 3.8) is 0 Å². The van der Waals surface area contributed by atoms with Crippen LogP contribution in [-0.2, 0) is 9.31 Å². The molecule has 1 heterocycles. The molecule has 0 atom stereocenters. The van der Waals surface area contributed by atoms with Gasteiger partial charge < -0.3 is 19.9 Å². The van der Waals surface area contributed by atoms with Crippen molar-refractivity contribution < 1.29 is 14.1 Å². The Morgan fingerprint density at radius 1 is 0.862 bits per heavy atom. The number of benzene rings is 3. The first-order valence-corrected chi connectivity index (χ1v) is 9.87. The molecule has 0 bridgehead atoms. The zero-order valence-corrected chi connectivity index (χ0v) is 16.7. The third-order valence-corrected chi connectivity index (χ3v) is 4.30. The van der Waals surface area contributed by atoms with Crippen LogP contribution in [0.1, 0.15) is 6.92 Å². The van der Waals surface area contributed by atoms with Crippen molar-refractivity contribution in [2.75, 3.05) is 24.7 Å².